The van der Waals surface area contributed by atoms with Crippen LogP contribution in [0.15, 0.2) is 18.3 Å². The molecule has 0 spiro atoms. The van der Waals surface area contributed by atoms with Gasteiger partial charge >= 0.3 is 0 Å². The van der Waals surface area contributed by atoms with Crippen LogP contribution in [0.4, 0.5) is 11.4 Å². The minimum absolute atomic E-state index is 0.251. The molecule has 0 saturated carbocycles. The number of fused-ring (bicyclic) bond motifs is 1. The van der Waals surface area contributed by atoms with Crippen LogP contribution in [0.3, 0.4) is 0 Å². The Labute approximate surface area is 99.5 Å². The van der Waals surface area contributed by atoms with E-state index < -0.39 is 0 Å². The number of nitrogens with two attached hydrogens (primary N) is 1. The molecule has 1 aromatic heterocycles. The SMILES string of the molecule is CC1CN(c2cc3[nH]ncc3cc2N)CCO1. The van der Waals surface area contributed by atoms with E-state index in [0.717, 1.165) is 42.0 Å². The standard InChI is InChI=1S/C12H16N4O/c1-8-7-16(2-3-17-8)12-5-11-9(4-10(12)13)6-14-15-11/h4-6,8H,2-3,7,13H2,1H3,(H,14,15). The van der Waals surface area contributed by atoms with E-state index in [-0.39, 0.29) is 6.10 Å². The summed E-state index contributed by atoms with van der Waals surface area (Å²) in [4.78, 5) is 2.27. The van der Waals surface area contributed by atoms with Crippen molar-refractivity contribution < 1.29 is 4.74 Å². The molecule has 1 fully saturated rings. The second-order valence-corrected chi connectivity index (χ2v) is 4.50. The zero-order valence-electron chi connectivity index (χ0n) is 9.81. The maximum atomic E-state index is 6.10. The van der Waals surface area contributed by atoms with E-state index in [1.165, 1.54) is 0 Å². The zero-order chi connectivity index (χ0) is 11.8. The van der Waals surface area contributed by atoms with Crippen molar-refractivity contribution in [1.82, 2.24) is 10.2 Å². The lowest BCUT2D eigenvalue weighted by molar-refractivity contribution is 0.0533. The van der Waals surface area contributed by atoms with Crippen LogP contribution in [0.1, 0.15) is 6.92 Å². The van der Waals surface area contributed by atoms with Crippen LogP contribution in [-0.2, 0) is 4.74 Å². The van der Waals surface area contributed by atoms with Gasteiger partial charge < -0.3 is 15.4 Å². The van der Waals surface area contributed by atoms with Crippen LogP contribution < -0.4 is 10.6 Å². The van der Waals surface area contributed by atoms with Gasteiger partial charge in [0.2, 0.25) is 0 Å². The second-order valence-electron chi connectivity index (χ2n) is 4.50. The van der Waals surface area contributed by atoms with Crippen molar-refractivity contribution in [2.24, 2.45) is 0 Å². The minimum atomic E-state index is 0.251. The fourth-order valence-corrected chi connectivity index (χ4v) is 2.31. The molecule has 1 aromatic carbocycles. The predicted molar refractivity (Wildman–Crippen MR) is 68.1 cm³/mol. The Bertz CT molecular complexity index is 536. The van der Waals surface area contributed by atoms with Crippen molar-refractivity contribution >= 4 is 22.3 Å². The van der Waals surface area contributed by atoms with E-state index in [0.29, 0.717) is 0 Å². The molecule has 0 radical (unpaired) electrons. The first kappa shape index (κ1) is 10.4. The fraction of sp³-hybridized carbons (Fsp3) is 0.417. The molecule has 1 unspecified atom stereocenters. The predicted octanol–water partition coefficient (Wildman–Crippen LogP) is 1.37. The summed E-state index contributed by atoms with van der Waals surface area (Å²) < 4.78 is 5.54. The molecular weight excluding hydrogens is 216 g/mol. The number of hydrogen-bond acceptors (Lipinski definition) is 4. The molecule has 3 N–H and O–H groups in total. The smallest absolute Gasteiger partial charge is 0.0722 e. The van der Waals surface area contributed by atoms with Gasteiger partial charge in [-0.25, -0.2) is 0 Å². The molecule has 1 aliphatic heterocycles. The van der Waals surface area contributed by atoms with Crippen LogP contribution in [-0.4, -0.2) is 36.0 Å². The highest BCUT2D eigenvalue weighted by molar-refractivity contribution is 5.88. The summed E-state index contributed by atoms with van der Waals surface area (Å²) in [6, 6.07) is 4.03. The van der Waals surface area contributed by atoms with E-state index in [1.807, 2.05) is 6.07 Å². The highest BCUT2D eigenvalue weighted by atomic mass is 16.5. The van der Waals surface area contributed by atoms with E-state index in [4.69, 9.17) is 10.5 Å². The Balaban J connectivity index is 2.00. The Morgan fingerprint density at radius 1 is 1.53 bits per heavy atom. The lowest BCUT2D eigenvalue weighted by Crippen LogP contribution is -2.41. The lowest BCUT2D eigenvalue weighted by Gasteiger charge is -2.33. The molecule has 2 aromatic rings. The number of anilines is 2. The zero-order valence-corrected chi connectivity index (χ0v) is 9.81. The summed E-state index contributed by atoms with van der Waals surface area (Å²) in [5.74, 6) is 0. The van der Waals surface area contributed by atoms with Crippen molar-refractivity contribution in [3.05, 3.63) is 18.3 Å². The maximum absolute atomic E-state index is 6.10. The number of rotatable bonds is 1. The van der Waals surface area contributed by atoms with Gasteiger partial charge in [0.25, 0.3) is 0 Å². The van der Waals surface area contributed by atoms with Gasteiger partial charge in [0.05, 0.1) is 35.8 Å². The van der Waals surface area contributed by atoms with Crippen molar-refractivity contribution in [3.63, 3.8) is 0 Å². The maximum Gasteiger partial charge on any atom is 0.0722 e. The van der Waals surface area contributed by atoms with Crippen molar-refractivity contribution in [1.29, 1.82) is 0 Å². The van der Waals surface area contributed by atoms with Gasteiger partial charge in [-0.3, -0.25) is 5.10 Å². The first-order chi connectivity index (χ1) is 8.24. The third-order valence-electron chi connectivity index (χ3n) is 3.17. The third kappa shape index (κ3) is 1.82. The Morgan fingerprint density at radius 2 is 2.41 bits per heavy atom. The summed E-state index contributed by atoms with van der Waals surface area (Å²) in [6.07, 6.45) is 2.04. The van der Waals surface area contributed by atoms with Gasteiger partial charge in [0.15, 0.2) is 0 Å². The number of ether oxygens (including phenoxy) is 1. The van der Waals surface area contributed by atoms with Gasteiger partial charge in [-0.1, -0.05) is 0 Å². The first-order valence-corrected chi connectivity index (χ1v) is 5.83. The summed E-state index contributed by atoms with van der Waals surface area (Å²) in [5.41, 5.74) is 8.99. The molecule has 0 amide bonds. The monoisotopic (exact) mass is 232 g/mol. The molecule has 0 aliphatic carbocycles. The number of H-pyrrole nitrogens is 1. The first-order valence-electron chi connectivity index (χ1n) is 5.83. The summed E-state index contributed by atoms with van der Waals surface area (Å²) >= 11 is 0. The topological polar surface area (TPSA) is 67.2 Å². The van der Waals surface area contributed by atoms with Crippen LogP contribution >= 0.6 is 0 Å². The average Bonchev–Trinajstić information content (AvgIpc) is 2.75. The number of nitrogens with zero attached hydrogens (tertiary/aromatic N) is 2. The lowest BCUT2D eigenvalue weighted by atomic mass is 10.1. The highest BCUT2D eigenvalue weighted by Gasteiger charge is 2.19. The molecule has 1 saturated heterocycles. The largest absolute Gasteiger partial charge is 0.397 e. The summed E-state index contributed by atoms with van der Waals surface area (Å²) in [6.45, 7) is 4.59. The molecule has 3 rings (SSSR count). The highest BCUT2D eigenvalue weighted by Crippen LogP contribution is 2.29. The van der Waals surface area contributed by atoms with Crippen LogP contribution in [0, 0.1) is 0 Å². The molecule has 1 aliphatic rings. The van der Waals surface area contributed by atoms with Gasteiger partial charge in [-0.2, -0.15) is 5.10 Å². The van der Waals surface area contributed by atoms with Gasteiger partial charge in [0.1, 0.15) is 0 Å². The quantitative estimate of drug-likeness (QED) is 0.729. The summed E-state index contributed by atoms with van der Waals surface area (Å²) in [5, 5.41) is 8.04. The van der Waals surface area contributed by atoms with Crippen molar-refractivity contribution in [2.75, 3.05) is 30.3 Å². The summed E-state index contributed by atoms with van der Waals surface area (Å²) in [7, 11) is 0. The Hall–Kier alpha value is -1.75. The molecule has 1 atom stereocenters. The Morgan fingerprint density at radius 3 is 3.24 bits per heavy atom. The number of aromatic amines is 1. The molecule has 5 heteroatoms. The third-order valence-corrected chi connectivity index (χ3v) is 3.17. The minimum Gasteiger partial charge on any atom is -0.397 e. The normalized spacial score (nSPS) is 21.0. The molecule has 90 valence electrons. The van der Waals surface area contributed by atoms with Crippen molar-refractivity contribution in [2.45, 2.75) is 13.0 Å². The molecule has 17 heavy (non-hydrogen) atoms. The number of hydrogen-bond donors (Lipinski definition) is 2. The van der Waals surface area contributed by atoms with E-state index in [2.05, 4.69) is 28.1 Å². The molecular formula is C12H16N4O. The fourth-order valence-electron chi connectivity index (χ4n) is 2.31. The second kappa shape index (κ2) is 3.92. The van der Waals surface area contributed by atoms with Gasteiger partial charge in [-0.15, -0.1) is 0 Å². The van der Waals surface area contributed by atoms with E-state index in [1.54, 1.807) is 6.20 Å². The number of benzene rings is 1. The van der Waals surface area contributed by atoms with Gasteiger partial charge in [-0.05, 0) is 19.1 Å². The van der Waals surface area contributed by atoms with Crippen molar-refractivity contribution in [3.8, 4) is 0 Å². The van der Waals surface area contributed by atoms with E-state index >= 15 is 0 Å². The van der Waals surface area contributed by atoms with Gasteiger partial charge in [0, 0.05) is 18.5 Å². The van der Waals surface area contributed by atoms with Crippen LogP contribution in [0.25, 0.3) is 10.9 Å². The Kier molecular flexibility index (Phi) is 2.40. The number of nitrogens with one attached hydrogen (secondary N) is 1. The molecule has 5 nitrogen and oxygen atoms in total. The number of morpholine rings is 1. The van der Waals surface area contributed by atoms with E-state index in [9.17, 15) is 0 Å². The molecule has 2 heterocycles. The average molecular weight is 232 g/mol. The number of aromatic nitrogens is 2. The number of nitrogen functional groups attached to an aromatic ring is 1. The molecule has 0 bridgehead atoms. The van der Waals surface area contributed by atoms with Crippen LogP contribution in [0.5, 0.6) is 0 Å². The van der Waals surface area contributed by atoms with Crippen LogP contribution in [0.2, 0.25) is 0 Å².